The Labute approximate surface area is 109 Å². The Bertz CT molecular complexity index is 728. The Kier molecular flexibility index (Phi) is 3.44. The minimum Gasteiger partial charge on any atom is -0.497 e. The predicted octanol–water partition coefficient (Wildman–Crippen LogP) is 0.0896. The van der Waals surface area contributed by atoms with E-state index in [9.17, 15) is 14.7 Å². The second kappa shape index (κ2) is 4.89. The van der Waals surface area contributed by atoms with Gasteiger partial charge in [-0.15, -0.1) is 0 Å². The van der Waals surface area contributed by atoms with Crippen LogP contribution in [0.5, 0.6) is 5.75 Å². The zero-order valence-corrected chi connectivity index (χ0v) is 11.1. The van der Waals surface area contributed by atoms with Gasteiger partial charge in [0.1, 0.15) is 5.75 Å². The minimum atomic E-state index is -0.770. The molecule has 0 aliphatic heterocycles. The largest absolute Gasteiger partial charge is 0.497 e. The van der Waals surface area contributed by atoms with E-state index < -0.39 is 17.4 Å². The second-order valence-electron chi connectivity index (χ2n) is 4.49. The minimum absolute atomic E-state index is 0.0291. The number of benzene rings is 1. The number of aryl methyl sites for hydroxylation is 1. The number of fused-ring (bicyclic) bond motifs is 1. The third-order valence-electron chi connectivity index (χ3n) is 3.01. The Hall–Kier alpha value is -2.08. The van der Waals surface area contributed by atoms with Crippen LogP contribution in [0.4, 0.5) is 0 Å². The zero-order valence-electron chi connectivity index (χ0n) is 11.1. The summed E-state index contributed by atoms with van der Waals surface area (Å²) in [6.07, 6.45) is -0.770. The molecule has 0 radical (unpaired) electrons. The van der Waals surface area contributed by atoms with Crippen molar-refractivity contribution >= 4 is 10.9 Å². The molecular formula is C13H16N2O4. The van der Waals surface area contributed by atoms with Crippen molar-refractivity contribution < 1.29 is 9.84 Å². The van der Waals surface area contributed by atoms with Crippen LogP contribution in [-0.4, -0.2) is 27.5 Å². The molecule has 1 unspecified atom stereocenters. The number of ether oxygens (including phenoxy) is 1. The van der Waals surface area contributed by atoms with Crippen molar-refractivity contribution in [2.45, 2.75) is 19.6 Å². The van der Waals surface area contributed by atoms with Gasteiger partial charge in [-0.2, -0.15) is 0 Å². The van der Waals surface area contributed by atoms with Crippen LogP contribution in [0.25, 0.3) is 10.9 Å². The maximum Gasteiger partial charge on any atom is 0.331 e. The number of nitrogens with zero attached hydrogens (tertiary/aromatic N) is 2. The predicted molar refractivity (Wildman–Crippen MR) is 71.7 cm³/mol. The summed E-state index contributed by atoms with van der Waals surface area (Å²) in [7, 11) is 3.10. The lowest BCUT2D eigenvalue weighted by molar-refractivity contribution is 0.170. The Balaban J connectivity index is 2.85. The summed E-state index contributed by atoms with van der Waals surface area (Å²) in [4.78, 5) is 24.4. The SMILES string of the molecule is COc1ccc2c(c1)c(=O)n(CC(C)O)c(=O)n2C. The van der Waals surface area contributed by atoms with Gasteiger partial charge < -0.3 is 9.84 Å². The molecule has 0 amide bonds. The lowest BCUT2D eigenvalue weighted by Gasteiger charge is -2.12. The molecule has 0 saturated heterocycles. The zero-order chi connectivity index (χ0) is 14.2. The fourth-order valence-electron chi connectivity index (χ4n) is 2.05. The topological polar surface area (TPSA) is 73.5 Å². The third kappa shape index (κ3) is 2.26. The quantitative estimate of drug-likeness (QED) is 0.852. The average molecular weight is 264 g/mol. The summed E-state index contributed by atoms with van der Waals surface area (Å²) in [5, 5.41) is 9.78. The highest BCUT2D eigenvalue weighted by atomic mass is 16.5. The van der Waals surface area contributed by atoms with Crippen molar-refractivity contribution in [2.75, 3.05) is 7.11 Å². The Morgan fingerprint density at radius 1 is 1.37 bits per heavy atom. The first-order valence-electron chi connectivity index (χ1n) is 5.91. The molecule has 2 rings (SSSR count). The van der Waals surface area contributed by atoms with E-state index in [2.05, 4.69) is 0 Å². The van der Waals surface area contributed by atoms with Crippen molar-refractivity contribution in [3.05, 3.63) is 39.0 Å². The number of aromatic nitrogens is 2. The summed E-state index contributed by atoms with van der Waals surface area (Å²) in [5.74, 6) is 0.548. The number of hydrogen-bond donors (Lipinski definition) is 1. The smallest absolute Gasteiger partial charge is 0.331 e. The van der Waals surface area contributed by atoms with Crippen molar-refractivity contribution in [3.8, 4) is 5.75 Å². The summed E-state index contributed by atoms with van der Waals surface area (Å²) >= 11 is 0. The third-order valence-corrected chi connectivity index (χ3v) is 3.01. The fourth-order valence-corrected chi connectivity index (χ4v) is 2.05. The van der Waals surface area contributed by atoms with Crippen LogP contribution < -0.4 is 16.0 Å². The molecule has 1 heterocycles. The molecule has 0 bridgehead atoms. The van der Waals surface area contributed by atoms with Crippen LogP contribution in [0.3, 0.4) is 0 Å². The van der Waals surface area contributed by atoms with Gasteiger partial charge in [-0.1, -0.05) is 0 Å². The van der Waals surface area contributed by atoms with Crippen molar-refractivity contribution in [3.63, 3.8) is 0 Å². The second-order valence-corrected chi connectivity index (χ2v) is 4.49. The highest BCUT2D eigenvalue weighted by Gasteiger charge is 2.12. The molecule has 6 nitrogen and oxygen atoms in total. The van der Waals surface area contributed by atoms with E-state index in [1.54, 1.807) is 25.2 Å². The van der Waals surface area contributed by atoms with Crippen LogP contribution in [0.1, 0.15) is 6.92 Å². The Morgan fingerprint density at radius 3 is 2.63 bits per heavy atom. The number of aliphatic hydroxyl groups excluding tert-OH is 1. The molecule has 1 aromatic heterocycles. The van der Waals surface area contributed by atoms with E-state index in [1.807, 2.05) is 0 Å². The van der Waals surface area contributed by atoms with Crippen molar-refractivity contribution in [1.29, 1.82) is 0 Å². The summed E-state index contributed by atoms with van der Waals surface area (Å²) < 4.78 is 7.51. The van der Waals surface area contributed by atoms with E-state index >= 15 is 0 Å². The van der Waals surface area contributed by atoms with E-state index in [-0.39, 0.29) is 6.54 Å². The molecule has 0 spiro atoms. The number of hydrogen-bond acceptors (Lipinski definition) is 4. The Morgan fingerprint density at radius 2 is 2.05 bits per heavy atom. The molecule has 0 aliphatic rings. The van der Waals surface area contributed by atoms with Gasteiger partial charge in [-0.05, 0) is 25.1 Å². The fraction of sp³-hybridized carbons (Fsp3) is 0.385. The number of aliphatic hydroxyl groups is 1. The summed E-state index contributed by atoms with van der Waals surface area (Å²) in [5.41, 5.74) is -0.320. The summed E-state index contributed by atoms with van der Waals surface area (Å²) in [6, 6.07) is 4.96. The molecule has 0 aliphatic carbocycles. The lowest BCUT2D eigenvalue weighted by Crippen LogP contribution is -2.41. The van der Waals surface area contributed by atoms with Crippen LogP contribution in [0.2, 0.25) is 0 Å². The van der Waals surface area contributed by atoms with Gasteiger partial charge >= 0.3 is 5.69 Å². The number of rotatable bonds is 3. The molecule has 2 aromatic rings. The molecule has 102 valence electrons. The molecule has 1 atom stereocenters. The standard InChI is InChI=1S/C13H16N2O4/c1-8(16)7-15-12(17)10-6-9(19-3)4-5-11(10)14(2)13(15)18/h4-6,8,16H,7H2,1-3H3. The molecule has 1 aromatic carbocycles. The molecule has 6 heteroatoms. The van der Waals surface area contributed by atoms with Gasteiger partial charge in [0, 0.05) is 7.05 Å². The van der Waals surface area contributed by atoms with E-state index in [0.717, 1.165) is 4.57 Å². The van der Waals surface area contributed by atoms with Crippen LogP contribution in [0, 0.1) is 0 Å². The van der Waals surface area contributed by atoms with E-state index in [1.165, 1.54) is 18.6 Å². The molecule has 0 saturated carbocycles. The van der Waals surface area contributed by atoms with Crippen LogP contribution in [-0.2, 0) is 13.6 Å². The lowest BCUT2D eigenvalue weighted by atomic mass is 10.2. The van der Waals surface area contributed by atoms with Crippen molar-refractivity contribution in [2.24, 2.45) is 7.05 Å². The normalized spacial score (nSPS) is 12.6. The van der Waals surface area contributed by atoms with Crippen LogP contribution in [0.15, 0.2) is 27.8 Å². The molecule has 0 fully saturated rings. The van der Waals surface area contributed by atoms with Gasteiger partial charge in [-0.3, -0.25) is 13.9 Å². The average Bonchev–Trinajstić information content (AvgIpc) is 2.40. The van der Waals surface area contributed by atoms with Gasteiger partial charge in [-0.25, -0.2) is 4.79 Å². The first-order valence-corrected chi connectivity index (χ1v) is 5.91. The van der Waals surface area contributed by atoms with Crippen LogP contribution >= 0.6 is 0 Å². The monoisotopic (exact) mass is 264 g/mol. The van der Waals surface area contributed by atoms with Gasteiger partial charge in [0.05, 0.1) is 30.7 Å². The highest BCUT2D eigenvalue weighted by Crippen LogP contribution is 2.16. The van der Waals surface area contributed by atoms with Crippen molar-refractivity contribution in [1.82, 2.24) is 9.13 Å². The van der Waals surface area contributed by atoms with Gasteiger partial charge in [0.2, 0.25) is 0 Å². The molecule has 19 heavy (non-hydrogen) atoms. The molecular weight excluding hydrogens is 248 g/mol. The first kappa shape index (κ1) is 13.4. The maximum atomic E-state index is 12.3. The first-order chi connectivity index (χ1) is 8.95. The van der Waals surface area contributed by atoms with E-state index in [4.69, 9.17) is 4.74 Å². The van der Waals surface area contributed by atoms with Gasteiger partial charge in [0.15, 0.2) is 0 Å². The molecule has 1 N–H and O–H groups in total. The van der Waals surface area contributed by atoms with E-state index in [0.29, 0.717) is 16.7 Å². The van der Waals surface area contributed by atoms with Gasteiger partial charge in [0.25, 0.3) is 5.56 Å². The highest BCUT2D eigenvalue weighted by molar-refractivity contribution is 5.79. The maximum absolute atomic E-state index is 12.3. The number of methoxy groups -OCH3 is 1. The summed E-state index contributed by atoms with van der Waals surface area (Å²) in [6.45, 7) is 1.50.